The number of nitrogens with zero attached hydrogens (tertiary/aromatic N) is 3. The molecule has 0 unspecified atom stereocenters. The van der Waals surface area contributed by atoms with Gasteiger partial charge in [0, 0.05) is 49.4 Å². The zero-order chi connectivity index (χ0) is 15.6. The summed E-state index contributed by atoms with van der Waals surface area (Å²) in [5, 5.41) is 3.43. The summed E-state index contributed by atoms with van der Waals surface area (Å²) in [5.74, 6) is 0. The van der Waals surface area contributed by atoms with Crippen molar-refractivity contribution in [1.82, 2.24) is 14.5 Å². The molecule has 0 N–H and O–H groups in total. The Morgan fingerprint density at radius 3 is 2.87 bits per heavy atom. The molecule has 4 rings (SSSR count). The zero-order valence-electron chi connectivity index (χ0n) is 13.4. The molecular weight excluding hydrogens is 302 g/mol. The molecule has 1 atom stereocenters. The molecule has 3 nitrogen and oxygen atoms in total. The van der Waals surface area contributed by atoms with Crippen molar-refractivity contribution in [2.45, 2.75) is 32.5 Å². The summed E-state index contributed by atoms with van der Waals surface area (Å²) in [6, 6.07) is 15.4. The van der Waals surface area contributed by atoms with Crippen molar-refractivity contribution in [2.75, 3.05) is 6.54 Å². The van der Waals surface area contributed by atoms with Gasteiger partial charge < -0.3 is 4.57 Å². The van der Waals surface area contributed by atoms with Gasteiger partial charge in [-0.3, -0.25) is 4.90 Å². The first-order valence-corrected chi connectivity index (χ1v) is 9.04. The third-order valence-corrected chi connectivity index (χ3v) is 5.53. The molecule has 0 fully saturated rings. The number of fused-ring (bicyclic) bond motifs is 1. The molecule has 1 aliphatic rings. The van der Waals surface area contributed by atoms with Crippen LogP contribution in [0, 0.1) is 0 Å². The fourth-order valence-electron chi connectivity index (χ4n) is 3.32. The first kappa shape index (κ1) is 14.7. The molecule has 4 heteroatoms. The molecule has 3 heterocycles. The summed E-state index contributed by atoms with van der Waals surface area (Å²) >= 11 is 1.78. The van der Waals surface area contributed by atoms with Crippen LogP contribution in [0.3, 0.4) is 0 Å². The lowest BCUT2D eigenvalue weighted by molar-refractivity contribution is 0.159. The van der Waals surface area contributed by atoms with Gasteiger partial charge in [0.2, 0.25) is 0 Å². The lowest BCUT2D eigenvalue weighted by atomic mass is 10.1. The van der Waals surface area contributed by atoms with Crippen LogP contribution in [0.25, 0.3) is 0 Å². The van der Waals surface area contributed by atoms with Crippen LogP contribution in [0.4, 0.5) is 0 Å². The molecule has 3 aromatic rings. The summed E-state index contributed by atoms with van der Waals surface area (Å²) in [5.41, 5.74) is 3.95. The number of aromatic nitrogens is 2. The molecule has 0 saturated carbocycles. The maximum absolute atomic E-state index is 4.85. The van der Waals surface area contributed by atoms with Gasteiger partial charge in [-0.15, -0.1) is 11.3 Å². The normalized spacial score (nSPS) is 18.0. The summed E-state index contributed by atoms with van der Waals surface area (Å²) in [6.45, 7) is 5.40. The van der Waals surface area contributed by atoms with E-state index in [-0.39, 0.29) is 0 Å². The van der Waals surface area contributed by atoms with Crippen molar-refractivity contribution >= 4 is 11.3 Å². The van der Waals surface area contributed by atoms with Gasteiger partial charge in [0.05, 0.1) is 10.7 Å². The van der Waals surface area contributed by atoms with E-state index in [9.17, 15) is 0 Å². The summed E-state index contributed by atoms with van der Waals surface area (Å²) in [7, 11) is 0. The largest absolute Gasteiger partial charge is 0.349 e. The number of thiazole rings is 1. The van der Waals surface area contributed by atoms with E-state index in [1.807, 2.05) is 0 Å². The molecule has 0 bridgehead atoms. The monoisotopic (exact) mass is 323 g/mol. The smallest absolute Gasteiger partial charge is 0.0972 e. The Kier molecular flexibility index (Phi) is 4.02. The van der Waals surface area contributed by atoms with E-state index in [2.05, 4.69) is 70.4 Å². The van der Waals surface area contributed by atoms with E-state index in [0.29, 0.717) is 6.04 Å². The minimum absolute atomic E-state index is 0.457. The van der Waals surface area contributed by atoms with Gasteiger partial charge in [-0.1, -0.05) is 30.3 Å². The molecule has 2 aromatic heterocycles. The van der Waals surface area contributed by atoms with Gasteiger partial charge in [0.25, 0.3) is 0 Å². The van der Waals surface area contributed by atoms with E-state index in [1.54, 1.807) is 11.3 Å². The second-order valence-electron chi connectivity index (χ2n) is 6.17. The van der Waals surface area contributed by atoms with Crippen molar-refractivity contribution in [3.8, 4) is 0 Å². The lowest BCUT2D eigenvalue weighted by Crippen LogP contribution is -2.35. The molecule has 1 aliphatic heterocycles. The van der Waals surface area contributed by atoms with Gasteiger partial charge in [0.15, 0.2) is 0 Å². The van der Waals surface area contributed by atoms with Crippen LogP contribution in [0.15, 0.2) is 54.0 Å². The van der Waals surface area contributed by atoms with Gasteiger partial charge >= 0.3 is 0 Å². The molecule has 118 valence electrons. The maximum Gasteiger partial charge on any atom is 0.0972 e. The Bertz CT molecular complexity index is 775. The number of hydrogen-bond donors (Lipinski definition) is 0. The second kappa shape index (κ2) is 6.30. The molecule has 0 amide bonds. The van der Waals surface area contributed by atoms with Crippen LogP contribution in [-0.4, -0.2) is 21.0 Å². The van der Waals surface area contributed by atoms with Crippen LogP contribution in [-0.2, 0) is 19.5 Å². The SMILES string of the molecule is C[C@@H]1c2cccn2CCN1Cc1csc(Cc2ccccc2)n1. The van der Waals surface area contributed by atoms with Crippen LogP contribution in [0.2, 0.25) is 0 Å². The van der Waals surface area contributed by atoms with Gasteiger partial charge in [-0.2, -0.15) is 0 Å². The highest BCUT2D eigenvalue weighted by atomic mass is 32.1. The number of hydrogen-bond acceptors (Lipinski definition) is 3. The van der Waals surface area contributed by atoms with E-state index >= 15 is 0 Å². The Hall–Kier alpha value is -1.91. The van der Waals surface area contributed by atoms with Crippen LogP contribution < -0.4 is 0 Å². The predicted octanol–water partition coefficient (Wildman–Crippen LogP) is 4.11. The van der Waals surface area contributed by atoms with Crippen LogP contribution >= 0.6 is 11.3 Å². The Labute approximate surface area is 141 Å². The predicted molar refractivity (Wildman–Crippen MR) is 94.6 cm³/mol. The standard InChI is InChI=1S/C19H21N3S/c1-15-18-8-5-9-21(18)10-11-22(15)13-17-14-23-19(20-17)12-16-6-3-2-4-7-16/h2-9,14-15H,10-13H2,1H3/t15-/m1/s1. The van der Waals surface area contributed by atoms with Crippen molar-refractivity contribution in [1.29, 1.82) is 0 Å². The van der Waals surface area contributed by atoms with Crippen molar-refractivity contribution in [3.63, 3.8) is 0 Å². The molecule has 1 aromatic carbocycles. The molecule has 0 aliphatic carbocycles. The Balaban J connectivity index is 1.44. The van der Waals surface area contributed by atoms with E-state index in [0.717, 1.165) is 26.1 Å². The second-order valence-corrected chi connectivity index (χ2v) is 7.11. The van der Waals surface area contributed by atoms with Gasteiger partial charge in [0.1, 0.15) is 0 Å². The summed E-state index contributed by atoms with van der Waals surface area (Å²) in [6.07, 6.45) is 3.12. The number of benzene rings is 1. The highest BCUT2D eigenvalue weighted by molar-refractivity contribution is 7.09. The highest BCUT2D eigenvalue weighted by Gasteiger charge is 2.23. The Morgan fingerprint density at radius 1 is 1.13 bits per heavy atom. The third-order valence-electron chi connectivity index (χ3n) is 4.63. The maximum atomic E-state index is 4.85. The average Bonchev–Trinajstić information content (AvgIpc) is 3.21. The average molecular weight is 323 g/mol. The van der Waals surface area contributed by atoms with Gasteiger partial charge in [-0.05, 0) is 24.6 Å². The molecule has 0 saturated heterocycles. The number of rotatable bonds is 4. The van der Waals surface area contributed by atoms with Gasteiger partial charge in [-0.25, -0.2) is 4.98 Å². The first-order valence-electron chi connectivity index (χ1n) is 8.16. The zero-order valence-corrected chi connectivity index (χ0v) is 14.2. The minimum Gasteiger partial charge on any atom is -0.349 e. The van der Waals surface area contributed by atoms with Crippen molar-refractivity contribution in [2.24, 2.45) is 0 Å². The fraction of sp³-hybridized carbons (Fsp3) is 0.316. The third kappa shape index (κ3) is 3.09. The van der Waals surface area contributed by atoms with Crippen molar-refractivity contribution < 1.29 is 0 Å². The van der Waals surface area contributed by atoms with Crippen LogP contribution in [0.5, 0.6) is 0 Å². The molecule has 0 spiro atoms. The highest BCUT2D eigenvalue weighted by Crippen LogP contribution is 2.27. The van der Waals surface area contributed by atoms with Crippen molar-refractivity contribution in [3.05, 3.63) is 76.0 Å². The quantitative estimate of drug-likeness (QED) is 0.720. The van der Waals surface area contributed by atoms with E-state index < -0.39 is 0 Å². The topological polar surface area (TPSA) is 21.1 Å². The summed E-state index contributed by atoms with van der Waals surface area (Å²) < 4.78 is 2.36. The van der Waals surface area contributed by atoms with E-state index in [4.69, 9.17) is 4.98 Å². The van der Waals surface area contributed by atoms with Crippen LogP contribution in [0.1, 0.15) is 34.9 Å². The molecule has 23 heavy (non-hydrogen) atoms. The van der Waals surface area contributed by atoms with E-state index in [1.165, 1.54) is 22.0 Å². The molecular formula is C19H21N3S. The fourth-order valence-corrected chi connectivity index (χ4v) is 4.14. The molecule has 0 radical (unpaired) electrons. The Morgan fingerprint density at radius 2 is 2.00 bits per heavy atom. The lowest BCUT2D eigenvalue weighted by Gasteiger charge is -2.34. The first-order chi connectivity index (χ1) is 11.3. The summed E-state index contributed by atoms with van der Waals surface area (Å²) in [4.78, 5) is 7.37. The minimum atomic E-state index is 0.457.